The molecule has 1 aromatic rings. The number of rotatable bonds is 7. The van der Waals surface area contributed by atoms with Gasteiger partial charge in [-0.3, -0.25) is 0 Å². The topological polar surface area (TPSA) is 30.5 Å². The Labute approximate surface area is 113 Å². The van der Waals surface area contributed by atoms with E-state index in [1.165, 1.54) is 18.4 Å². The number of nitrogens with one attached hydrogen (secondary N) is 1. The Bertz CT molecular complexity index is 393. The predicted octanol–water partition coefficient (Wildman–Crippen LogP) is 2.81. The highest BCUT2D eigenvalue weighted by molar-refractivity contribution is 6.21. The number of methoxy groups -OCH3 is 2. The van der Waals surface area contributed by atoms with Gasteiger partial charge in [-0.05, 0) is 36.5 Å². The Hall–Kier alpha value is -0.930. The van der Waals surface area contributed by atoms with E-state index >= 15 is 0 Å². The van der Waals surface area contributed by atoms with Gasteiger partial charge in [-0.15, -0.1) is 11.6 Å². The lowest BCUT2D eigenvalue weighted by atomic mass is 10.2. The van der Waals surface area contributed by atoms with Gasteiger partial charge in [-0.2, -0.15) is 0 Å². The first-order valence-electron chi connectivity index (χ1n) is 6.30. The number of hydrogen-bond acceptors (Lipinski definition) is 3. The molecule has 0 heterocycles. The maximum absolute atomic E-state index is 6.24. The molecule has 1 aliphatic carbocycles. The van der Waals surface area contributed by atoms with Crippen LogP contribution in [0.2, 0.25) is 0 Å². The molecular formula is C14H20ClNO2. The van der Waals surface area contributed by atoms with Crippen molar-refractivity contribution < 1.29 is 9.47 Å². The van der Waals surface area contributed by atoms with Gasteiger partial charge in [-0.1, -0.05) is 6.07 Å². The third-order valence-electron chi connectivity index (χ3n) is 3.25. The van der Waals surface area contributed by atoms with Crippen LogP contribution in [0.15, 0.2) is 18.2 Å². The fourth-order valence-electron chi connectivity index (χ4n) is 1.97. The van der Waals surface area contributed by atoms with E-state index in [2.05, 4.69) is 5.32 Å². The van der Waals surface area contributed by atoms with Gasteiger partial charge in [0.1, 0.15) is 0 Å². The molecule has 1 aliphatic rings. The van der Waals surface area contributed by atoms with E-state index < -0.39 is 0 Å². The molecule has 3 nitrogen and oxygen atoms in total. The van der Waals surface area contributed by atoms with Crippen molar-refractivity contribution in [3.05, 3.63) is 23.8 Å². The Kier molecular flexibility index (Phi) is 4.72. The predicted molar refractivity (Wildman–Crippen MR) is 73.6 cm³/mol. The van der Waals surface area contributed by atoms with Crippen LogP contribution < -0.4 is 14.8 Å². The number of hydrogen-bond donors (Lipinski definition) is 1. The quantitative estimate of drug-likeness (QED) is 0.772. The van der Waals surface area contributed by atoms with Crippen molar-refractivity contribution in [3.63, 3.8) is 0 Å². The Morgan fingerprint density at radius 3 is 2.61 bits per heavy atom. The van der Waals surface area contributed by atoms with E-state index in [0.717, 1.165) is 30.5 Å². The van der Waals surface area contributed by atoms with Crippen LogP contribution in [0.5, 0.6) is 11.5 Å². The highest BCUT2D eigenvalue weighted by Crippen LogP contribution is 2.35. The minimum atomic E-state index is 0.269. The molecule has 0 radical (unpaired) electrons. The van der Waals surface area contributed by atoms with Crippen molar-refractivity contribution >= 4 is 11.6 Å². The van der Waals surface area contributed by atoms with E-state index in [9.17, 15) is 0 Å². The Morgan fingerprint density at radius 1 is 1.28 bits per heavy atom. The molecule has 1 atom stereocenters. The summed E-state index contributed by atoms with van der Waals surface area (Å²) in [7, 11) is 3.29. The van der Waals surface area contributed by atoms with Crippen LogP contribution in [0, 0.1) is 5.92 Å². The maximum atomic E-state index is 6.24. The summed E-state index contributed by atoms with van der Waals surface area (Å²) >= 11 is 6.24. The van der Waals surface area contributed by atoms with E-state index in [0.29, 0.717) is 0 Å². The zero-order valence-corrected chi connectivity index (χ0v) is 11.7. The number of ether oxygens (including phenoxy) is 2. The number of benzene rings is 1. The number of halogens is 1. The van der Waals surface area contributed by atoms with Gasteiger partial charge < -0.3 is 14.8 Å². The molecule has 0 amide bonds. The van der Waals surface area contributed by atoms with Crippen molar-refractivity contribution in [1.82, 2.24) is 5.32 Å². The lowest BCUT2D eigenvalue weighted by Gasteiger charge is -2.12. The summed E-state index contributed by atoms with van der Waals surface area (Å²) in [5.74, 6) is 2.25. The van der Waals surface area contributed by atoms with Gasteiger partial charge in [0.15, 0.2) is 11.5 Å². The second kappa shape index (κ2) is 6.30. The molecule has 0 saturated heterocycles. The summed E-state index contributed by atoms with van der Waals surface area (Å²) < 4.78 is 10.5. The van der Waals surface area contributed by atoms with Crippen LogP contribution in [-0.4, -0.2) is 26.1 Å². The summed E-state index contributed by atoms with van der Waals surface area (Å²) in [4.78, 5) is 0. The van der Waals surface area contributed by atoms with Gasteiger partial charge in [0.05, 0.1) is 14.2 Å². The zero-order valence-electron chi connectivity index (χ0n) is 10.9. The van der Waals surface area contributed by atoms with E-state index in [-0.39, 0.29) is 5.38 Å². The third-order valence-corrected chi connectivity index (χ3v) is 3.76. The zero-order chi connectivity index (χ0) is 13.0. The van der Waals surface area contributed by atoms with Gasteiger partial charge in [0.25, 0.3) is 0 Å². The van der Waals surface area contributed by atoms with Crippen molar-refractivity contribution in [2.75, 3.05) is 20.8 Å². The molecule has 1 saturated carbocycles. The minimum absolute atomic E-state index is 0.269. The van der Waals surface area contributed by atoms with Crippen LogP contribution in [0.25, 0.3) is 0 Å². The molecule has 1 N–H and O–H groups in total. The van der Waals surface area contributed by atoms with Crippen LogP contribution in [0.3, 0.4) is 0 Å². The Morgan fingerprint density at radius 2 is 2.00 bits per heavy atom. The fourth-order valence-corrected chi connectivity index (χ4v) is 2.33. The largest absolute Gasteiger partial charge is 0.493 e. The van der Waals surface area contributed by atoms with Gasteiger partial charge in [0.2, 0.25) is 0 Å². The van der Waals surface area contributed by atoms with Gasteiger partial charge in [0, 0.05) is 18.5 Å². The molecule has 0 aromatic heterocycles. The van der Waals surface area contributed by atoms with E-state index in [1.54, 1.807) is 14.2 Å². The number of alkyl halides is 1. The van der Waals surface area contributed by atoms with Crippen molar-refractivity contribution in [1.29, 1.82) is 0 Å². The second-order valence-electron chi connectivity index (χ2n) is 4.67. The molecule has 100 valence electrons. The second-order valence-corrected chi connectivity index (χ2v) is 5.23. The molecule has 0 bridgehead atoms. The average Bonchev–Trinajstić information content (AvgIpc) is 3.22. The molecule has 2 rings (SSSR count). The summed E-state index contributed by atoms with van der Waals surface area (Å²) in [6, 6.07) is 5.95. The normalized spacial score (nSPS) is 16.4. The SMILES string of the molecule is COc1ccc(CNCC(Cl)C2CC2)cc1OC. The smallest absolute Gasteiger partial charge is 0.161 e. The summed E-state index contributed by atoms with van der Waals surface area (Å²) in [5, 5.41) is 3.65. The van der Waals surface area contributed by atoms with Crippen molar-refractivity contribution in [3.8, 4) is 11.5 Å². The molecule has 1 fully saturated rings. The standard InChI is InChI=1S/C14H20ClNO2/c1-17-13-6-3-10(7-14(13)18-2)8-16-9-12(15)11-4-5-11/h3,6-7,11-12,16H,4-5,8-9H2,1-2H3. The lowest BCUT2D eigenvalue weighted by molar-refractivity contribution is 0.354. The van der Waals surface area contributed by atoms with Crippen LogP contribution in [0.1, 0.15) is 18.4 Å². The van der Waals surface area contributed by atoms with Crippen LogP contribution >= 0.6 is 11.6 Å². The molecule has 4 heteroatoms. The lowest BCUT2D eigenvalue weighted by Crippen LogP contribution is -2.24. The van der Waals surface area contributed by atoms with Gasteiger partial charge in [-0.25, -0.2) is 0 Å². The van der Waals surface area contributed by atoms with Crippen LogP contribution in [0.4, 0.5) is 0 Å². The van der Waals surface area contributed by atoms with Crippen molar-refractivity contribution in [2.45, 2.75) is 24.8 Å². The van der Waals surface area contributed by atoms with Crippen molar-refractivity contribution in [2.24, 2.45) is 5.92 Å². The Balaban J connectivity index is 1.84. The van der Waals surface area contributed by atoms with E-state index in [4.69, 9.17) is 21.1 Å². The molecule has 1 aromatic carbocycles. The first-order chi connectivity index (χ1) is 8.74. The molecule has 0 aliphatic heterocycles. The van der Waals surface area contributed by atoms with Crippen LogP contribution in [-0.2, 0) is 6.54 Å². The highest BCUT2D eigenvalue weighted by atomic mass is 35.5. The average molecular weight is 270 g/mol. The maximum Gasteiger partial charge on any atom is 0.161 e. The minimum Gasteiger partial charge on any atom is -0.493 e. The molecule has 0 spiro atoms. The van der Waals surface area contributed by atoms with E-state index in [1.807, 2.05) is 18.2 Å². The molecule has 1 unspecified atom stereocenters. The third kappa shape index (κ3) is 3.53. The van der Waals surface area contributed by atoms with Gasteiger partial charge >= 0.3 is 0 Å². The monoisotopic (exact) mass is 269 g/mol. The molecular weight excluding hydrogens is 250 g/mol. The first kappa shape index (κ1) is 13.5. The summed E-state index contributed by atoms with van der Waals surface area (Å²) in [5.41, 5.74) is 1.17. The highest BCUT2D eigenvalue weighted by Gasteiger charge is 2.29. The first-order valence-corrected chi connectivity index (χ1v) is 6.74. The summed E-state index contributed by atoms with van der Waals surface area (Å²) in [6.45, 7) is 1.66. The molecule has 18 heavy (non-hydrogen) atoms. The fraction of sp³-hybridized carbons (Fsp3) is 0.571. The summed E-state index contributed by atoms with van der Waals surface area (Å²) in [6.07, 6.45) is 2.57.